The minimum Gasteiger partial charge on any atom is -0.361 e. The molecule has 0 aromatic carbocycles. The van der Waals surface area contributed by atoms with Crippen molar-refractivity contribution in [3.05, 3.63) is 17.5 Å². The van der Waals surface area contributed by atoms with Crippen LogP contribution in [0.2, 0.25) is 0 Å². The molecule has 138 valence electrons. The first-order valence-corrected chi connectivity index (χ1v) is 10.7. The molecular formula is C18H26N2O4S. The molecule has 25 heavy (non-hydrogen) atoms. The molecule has 1 aromatic rings. The van der Waals surface area contributed by atoms with E-state index in [-0.39, 0.29) is 23.0 Å². The molecule has 3 aliphatic rings. The number of rotatable bonds is 4. The normalized spacial score (nSPS) is 34.9. The molecule has 1 aromatic heterocycles. The zero-order valence-corrected chi connectivity index (χ0v) is 15.9. The molecule has 1 aliphatic heterocycles. The van der Waals surface area contributed by atoms with E-state index >= 15 is 0 Å². The van der Waals surface area contributed by atoms with E-state index in [1.807, 2.05) is 13.0 Å². The third kappa shape index (κ3) is 2.35. The largest absolute Gasteiger partial charge is 0.361 e. The fourth-order valence-electron chi connectivity index (χ4n) is 5.41. The van der Waals surface area contributed by atoms with Crippen LogP contribution in [0.4, 0.5) is 0 Å². The van der Waals surface area contributed by atoms with E-state index in [4.69, 9.17) is 4.52 Å². The van der Waals surface area contributed by atoms with Gasteiger partial charge in [-0.05, 0) is 43.9 Å². The SMILES string of the molecule is Cc1cc([C@@H]2CCCN2S(=O)(=O)C[C@@]23CC[C@@H](CC2=O)C3(C)C)no1. The monoisotopic (exact) mass is 366 g/mol. The summed E-state index contributed by atoms with van der Waals surface area (Å²) in [6.07, 6.45) is 3.75. The first-order valence-electron chi connectivity index (χ1n) is 9.13. The van der Waals surface area contributed by atoms with Gasteiger partial charge in [-0.25, -0.2) is 8.42 Å². The molecule has 0 unspecified atom stereocenters. The highest BCUT2D eigenvalue weighted by atomic mass is 32.2. The Hall–Kier alpha value is -1.21. The number of fused-ring (bicyclic) bond motifs is 2. The van der Waals surface area contributed by atoms with Gasteiger partial charge in [-0.1, -0.05) is 19.0 Å². The molecule has 0 spiro atoms. The summed E-state index contributed by atoms with van der Waals surface area (Å²) in [5.74, 6) is 1.09. The average Bonchev–Trinajstić information content (AvgIpc) is 3.24. The first kappa shape index (κ1) is 17.2. The van der Waals surface area contributed by atoms with Crippen molar-refractivity contribution in [2.24, 2.45) is 16.7 Å². The molecule has 0 N–H and O–H groups in total. The van der Waals surface area contributed by atoms with Gasteiger partial charge in [-0.2, -0.15) is 4.31 Å². The van der Waals surface area contributed by atoms with E-state index in [2.05, 4.69) is 19.0 Å². The number of hydrogen-bond acceptors (Lipinski definition) is 5. The summed E-state index contributed by atoms with van der Waals surface area (Å²) >= 11 is 0. The van der Waals surface area contributed by atoms with Crippen LogP contribution in [0.3, 0.4) is 0 Å². The summed E-state index contributed by atoms with van der Waals surface area (Å²) in [6, 6.07) is 1.54. The Morgan fingerprint density at radius 1 is 1.36 bits per heavy atom. The highest BCUT2D eigenvalue weighted by molar-refractivity contribution is 7.89. The van der Waals surface area contributed by atoms with Gasteiger partial charge in [0.15, 0.2) is 0 Å². The molecule has 2 saturated carbocycles. The minimum absolute atomic E-state index is 0.0599. The minimum atomic E-state index is -3.55. The van der Waals surface area contributed by atoms with E-state index in [1.165, 1.54) is 0 Å². The maximum Gasteiger partial charge on any atom is 0.215 e. The van der Waals surface area contributed by atoms with Crippen LogP contribution in [-0.4, -0.2) is 36.0 Å². The lowest BCUT2D eigenvalue weighted by atomic mass is 9.70. The molecule has 6 nitrogen and oxygen atoms in total. The van der Waals surface area contributed by atoms with Gasteiger partial charge in [0.1, 0.15) is 17.2 Å². The van der Waals surface area contributed by atoms with Crippen LogP contribution >= 0.6 is 0 Å². The van der Waals surface area contributed by atoms with E-state index < -0.39 is 15.4 Å². The summed E-state index contributed by atoms with van der Waals surface area (Å²) in [7, 11) is -3.55. The highest BCUT2D eigenvalue weighted by Gasteiger charge is 2.65. The Balaban J connectivity index is 1.65. The molecule has 1 saturated heterocycles. The predicted octanol–water partition coefficient (Wildman–Crippen LogP) is 2.85. The quantitative estimate of drug-likeness (QED) is 0.818. The van der Waals surface area contributed by atoms with Crippen molar-refractivity contribution in [1.82, 2.24) is 9.46 Å². The van der Waals surface area contributed by atoms with Gasteiger partial charge in [0.2, 0.25) is 10.0 Å². The number of aryl methyl sites for hydroxylation is 1. The van der Waals surface area contributed by atoms with Gasteiger partial charge >= 0.3 is 0 Å². The molecule has 4 rings (SSSR count). The number of hydrogen-bond donors (Lipinski definition) is 0. The number of aromatic nitrogens is 1. The number of carbonyl (C=O) groups is 1. The van der Waals surface area contributed by atoms with Crippen molar-refractivity contribution in [2.75, 3.05) is 12.3 Å². The molecular weight excluding hydrogens is 340 g/mol. The maximum atomic E-state index is 13.3. The standard InChI is InChI=1S/C18H26N2O4S/c1-12-9-14(19-24-12)15-5-4-8-20(15)25(22,23)11-18-7-6-13(10-16(18)21)17(18,2)3/h9,13,15H,4-8,10-11H2,1-3H3/t13-,15-,18-/m0/s1. The van der Waals surface area contributed by atoms with Crippen molar-refractivity contribution in [2.45, 2.75) is 58.9 Å². The number of carbonyl (C=O) groups excluding carboxylic acids is 1. The number of nitrogens with zero attached hydrogens (tertiary/aromatic N) is 2. The van der Waals surface area contributed by atoms with Gasteiger partial charge < -0.3 is 4.52 Å². The Morgan fingerprint density at radius 3 is 2.68 bits per heavy atom. The Bertz CT molecular complexity index is 813. The lowest BCUT2D eigenvalue weighted by Crippen LogP contribution is -2.46. The summed E-state index contributed by atoms with van der Waals surface area (Å²) < 4.78 is 33.3. The van der Waals surface area contributed by atoms with Gasteiger partial charge in [0.25, 0.3) is 0 Å². The topological polar surface area (TPSA) is 80.5 Å². The first-order chi connectivity index (χ1) is 11.7. The molecule has 3 fully saturated rings. The zero-order chi connectivity index (χ0) is 18.0. The van der Waals surface area contributed by atoms with Crippen molar-refractivity contribution in [3.63, 3.8) is 0 Å². The summed E-state index contributed by atoms with van der Waals surface area (Å²) in [5, 5.41) is 4.03. The van der Waals surface area contributed by atoms with Crippen molar-refractivity contribution < 1.29 is 17.7 Å². The van der Waals surface area contributed by atoms with Crippen LogP contribution in [-0.2, 0) is 14.8 Å². The van der Waals surface area contributed by atoms with E-state index in [1.54, 1.807) is 4.31 Å². The Morgan fingerprint density at radius 2 is 2.12 bits per heavy atom. The van der Waals surface area contributed by atoms with Gasteiger partial charge in [-0.3, -0.25) is 4.79 Å². The lowest BCUT2D eigenvalue weighted by molar-refractivity contribution is -0.128. The Labute approximate surface area is 149 Å². The fourth-order valence-corrected chi connectivity index (χ4v) is 7.89. The van der Waals surface area contributed by atoms with Crippen LogP contribution in [0, 0.1) is 23.7 Å². The van der Waals surface area contributed by atoms with Crippen molar-refractivity contribution >= 4 is 15.8 Å². The number of Topliss-reactive ketones (excluding diaryl/α,β-unsaturated/α-hetero) is 1. The van der Waals surface area contributed by atoms with Crippen molar-refractivity contribution in [1.29, 1.82) is 0 Å². The highest BCUT2D eigenvalue weighted by Crippen LogP contribution is 2.64. The second-order valence-electron chi connectivity index (χ2n) is 8.55. The van der Waals surface area contributed by atoms with Crippen LogP contribution in [0.5, 0.6) is 0 Å². The predicted molar refractivity (Wildman–Crippen MR) is 92.3 cm³/mol. The molecule has 0 radical (unpaired) electrons. The molecule has 2 heterocycles. The fraction of sp³-hybridized carbons (Fsp3) is 0.778. The van der Waals surface area contributed by atoms with Gasteiger partial charge in [-0.15, -0.1) is 0 Å². The molecule has 2 bridgehead atoms. The molecule has 2 aliphatic carbocycles. The van der Waals surface area contributed by atoms with E-state index in [0.717, 1.165) is 19.3 Å². The third-order valence-corrected chi connectivity index (χ3v) is 9.13. The second-order valence-corrected chi connectivity index (χ2v) is 10.5. The molecule has 3 atom stereocenters. The van der Waals surface area contributed by atoms with Gasteiger partial charge in [0.05, 0.1) is 11.8 Å². The van der Waals surface area contributed by atoms with Crippen LogP contribution in [0.1, 0.15) is 63.4 Å². The molecule has 0 amide bonds. The summed E-state index contributed by atoms with van der Waals surface area (Å²) in [6.45, 7) is 6.45. The summed E-state index contributed by atoms with van der Waals surface area (Å²) in [5.41, 5.74) is -0.280. The average molecular weight is 366 g/mol. The van der Waals surface area contributed by atoms with Crippen molar-refractivity contribution in [3.8, 4) is 0 Å². The number of sulfonamides is 1. The second kappa shape index (κ2) is 5.39. The van der Waals surface area contributed by atoms with Crippen LogP contribution in [0.25, 0.3) is 0 Å². The van der Waals surface area contributed by atoms with Crippen LogP contribution in [0.15, 0.2) is 10.6 Å². The Kier molecular flexibility index (Phi) is 3.71. The summed E-state index contributed by atoms with van der Waals surface area (Å²) in [4.78, 5) is 12.7. The smallest absolute Gasteiger partial charge is 0.215 e. The van der Waals surface area contributed by atoms with Gasteiger partial charge in [0, 0.05) is 24.4 Å². The maximum absolute atomic E-state index is 13.3. The number of ketones is 1. The molecule has 7 heteroatoms. The van der Waals surface area contributed by atoms with E-state index in [9.17, 15) is 13.2 Å². The third-order valence-electron chi connectivity index (χ3n) is 7.12. The van der Waals surface area contributed by atoms with Crippen LogP contribution < -0.4 is 0 Å². The zero-order valence-electron chi connectivity index (χ0n) is 15.1. The lowest BCUT2D eigenvalue weighted by Gasteiger charge is -2.37. The van der Waals surface area contributed by atoms with E-state index in [0.29, 0.717) is 36.8 Å².